The van der Waals surface area contributed by atoms with Crippen molar-refractivity contribution in [2.75, 3.05) is 13.1 Å². The predicted molar refractivity (Wildman–Crippen MR) is 98.3 cm³/mol. The Morgan fingerprint density at radius 1 is 1.15 bits per heavy atom. The van der Waals surface area contributed by atoms with Crippen LogP contribution in [0.4, 0.5) is 0 Å². The van der Waals surface area contributed by atoms with Crippen molar-refractivity contribution in [1.29, 1.82) is 0 Å². The number of carbonyl (C=O) groups excluding carboxylic acids is 1. The molecule has 1 saturated heterocycles. The van der Waals surface area contributed by atoms with Gasteiger partial charge in [-0.1, -0.05) is 12.1 Å². The van der Waals surface area contributed by atoms with Gasteiger partial charge in [-0.05, 0) is 50.1 Å². The van der Waals surface area contributed by atoms with Crippen molar-refractivity contribution in [3.8, 4) is 0 Å². The Bertz CT molecular complexity index is 920. The molecule has 136 valence electrons. The molecule has 2 aromatic rings. The SMILES string of the molecule is C/C(=N/NC(=O)c1cccc(S(=O)(=O)N2CCCC2)c1)c1ccccn1. The minimum absolute atomic E-state index is 0.123. The first-order valence-electron chi connectivity index (χ1n) is 8.35. The Morgan fingerprint density at radius 2 is 1.92 bits per heavy atom. The minimum Gasteiger partial charge on any atom is -0.267 e. The van der Waals surface area contributed by atoms with Crippen LogP contribution in [0.2, 0.25) is 0 Å². The fourth-order valence-corrected chi connectivity index (χ4v) is 4.27. The van der Waals surface area contributed by atoms with Crippen LogP contribution in [-0.2, 0) is 10.0 Å². The molecule has 0 spiro atoms. The van der Waals surface area contributed by atoms with Gasteiger partial charge in [-0.15, -0.1) is 0 Å². The van der Waals surface area contributed by atoms with Crippen LogP contribution in [0.1, 0.15) is 35.8 Å². The first kappa shape index (κ1) is 18.2. The van der Waals surface area contributed by atoms with Crippen LogP contribution in [0.5, 0.6) is 0 Å². The van der Waals surface area contributed by atoms with E-state index in [0.717, 1.165) is 12.8 Å². The van der Waals surface area contributed by atoms with Gasteiger partial charge < -0.3 is 0 Å². The number of nitrogens with zero attached hydrogens (tertiary/aromatic N) is 3. The lowest BCUT2D eigenvalue weighted by molar-refractivity contribution is 0.0954. The maximum atomic E-state index is 12.6. The summed E-state index contributed by atoms with van der Waals surface area (Å²) in [5.41, 5.74) is 3.89. The van der Waals surface area contributed by atoms with E-state index in [1.165, 1.54) is 16.4 Å². The Labute approximate surface area is 152 Å². The second kappa shape index (κ2) is 7.76. The third-order valence-electron chi connectivity index (χ3n) is 4.16. The molecular weight excluding hydrogens is 352 g/mol. The molecule has 0 bridgehead atoms. The van der Waals surface area contributed by atoms with Gasteiger partial charge in [-0.3, -0.25) is 9.78 Å². The highest BCUT2D eigenvalue weighted by atomic mass is 32.2. The summed E-state index contributed by atoms with van der Waals surface area (Å²) < 4.78 is 26.7. The van der Waals surface area contributed by atoms with Crippen molar-refractivity contribution in [1.82, 2.24) is 14.7 Å². The zero-order valence-corrected chi connectivity index (χ0v) is 15.2. The molecule has 0 unspecified atom stereocenters. The normalized spacial score (nSPS) is 15.8. The van der Waals surface area contributed by atoms with Crippen LogP contribution in [0.3, 0.4) is 0 Å². The molecule has 0 atom stereocenters. The van der Waals surface area contributed by atoms with E-state index in [1.807, 2.05) is 6.07 Å². The minimum atomic E-state index is -3.56. The van der Waals surface area contributed by atoms with Crippen LogP contribution in [0, 0.1) is 0 Å². The van der Waals surface area contributed by atoms with Crippen molar-refractivity contribution < 1.29 is 13.2 Å². The van der Waals surface area contributed by atoms with Crippen molar-refractivity contribution in [2.24, 2.45) is 5.10 Å². The molecular formula is C18H20N4O3S. The molecule has 1 fully saturated rings. The standard InChI is InChI=1S/C18H20N4O3S/c1-14(17-9-2-3-10-19-17)20-21-18(23)15-7-6-8-16(13-15)26(24,25)22-11-4-5-12-22/h2-3,6-10,13H,4-5,11-12H2,1H3,(H,21,23)/b20-14-. The highest BCUT2D eigenvalue weighted by Crippen LogP contribution is 2.21. The number of sulfonamides is 1. The summed E-state index contributed by atoms with van der Waals surface area (Å²) in [5.74, 6) is -0.473. The maximum Gasteiger partial charge on any atom is 0.271 e. The monoisotopic (exact) mass is 372 g/mol. The number of carbonyl (C=O) groups is 1. The van der Waals surface area contributed by atoms with Gasteiger partial charge in [0.2, 0.25) is 10.0 Å². The summed E-state index contributed by atoms with van der Waals surface area (Å²) in [6.07, 6.45) is 3.37. The fraction of sp³-hybridized carbons (Fsp3) is 0.278. The fourth-order valence-electron chi connectivity index (χ4n) is 2.71. The molecule has 0 saturated carbocycles. The Hall–Kier alpha value is -2.58. The van der Waals surface area contributed by atoms with Gasteiger partial charge in [0.25, 0.3) is 5.91 Å². The largest absolute Gasteiger partial charge is 0.271 e. The van der Waals surface area contributed by atoms with Crippen LogP contribution < -0.4 is 5.43 Å². The number of hydrogen-bond acceptors (Lipinski definition) is 5. The molecule has 1 N–H and O–H groups in total. The third kappa shape index (κ3) is 3.97. The van der Waals surface area contributed by atoms with Crippen LogP contribution >= 0.6 is 0 Å². The van der Waals surface area contributed by atoms with Crippen LogP contribution in [0.25, 0.3) is 0 Å². The molecule has 3 rings (SSSR count). The number of rotatable bonds is 5. The maximum absolute atomic E-state index is 12.6. The number of hydrogen-bond donors (Lipinski definition) is 1. The average Bonchev–Trinajstić information content (AvgIpc) is 3.22. The van der Waals surface area contributed by atoms with Gasteiger partial charge in [0.05, 0.1) is 16.3 Å². The third-order valence-corrected chi connectivity index (χ3v) is 6.05. The quantitative estimate of drug-likeness (QED) is 0.642. The lowest BCUT2D eigenvalue weighted by Gasteiger charge is -2.15. The number of nitrogens with one attached hydrogen (secondary N) is 1. The predicted octanol–water partition coefficient (Wildman–Crippen LogP) is 2.02. The summed E-state index contributed by atoms with van der Waals surface area (Å²) in [4.78, 5) is 16.6. The summed E-state index contributed by atoms with van der Waals surface area (Å²) in [6, 6.07) is 11.4. The van der Waals surface area contributed by atoms with E-state index >= 15 is 0 Å². The van der Waals surface area contributed by atoms with E-state index in [2.05, 4.69) is 15.5 Å². The second-order valence-corrected chi connectivity index (χ2v) is 7.93. The highest BCUT2D eigenvalue weighted by molar-refractivity contribution is 7.89. The first-order chi connectivity index (χ1) is 12.5. The lowest BCUT2D eigenvalue weighted by Crippen LogP contribution is -2.28. The molecule has 1 aliphatic rings. The number of pyridine rings is 1. The van der Waals surface area contributed by atoms with Crippen molar-refractivity contribution in [3.05, 3.63) is 59.9 Å². The summed E-state index contributed by atoms with van der Waals surface area (Å²) in [7, 11) is -3.56. The zero-order valence-electron chi connectivity index (χ0n) is 14.4. The number of amides is 1. The van der Waals surface area contributed by atoms with Gasteiger partial charge in [0, 0.05) is 24.8 Å². The molecule has 0 aliphatic carbocycles. The molecule has 7 nitrogen and oxygen atoms in total. The zero-order chi connectivity index (χ0) is 18.6. The summed E-state index contributed by atoms with van der Waals surface area (Å²) in [6.45, 7) is 2.77. The number of hydrazone groups is 1. The van der Waals surface area contributed by atoms with E-state index in [9.17, 15) is 13.2 Å². The van der Waals surface area contributed by atoms with Crippen molar-refractivity contribution in [3.63, 3.8) is 0 Å². The van der Waals surface area contributed by atoms with E-state index in [4.69, 9.17) is 0 Å². The van der Waals surface area contributed by atoms with Gasteiger partial charge >= 0.3 is 0 Å². The van der Waals surface area contributed by atoms with E-state index in [-0.39, 0.29) is 10.5 Å². The van der Waals surface area contributed by atoms with Crippen molar-refractivity contribution in [2.45, 2.75) is 24.7 Å². The highest BCUT2D eigenvalue weighted by Gasteiger charge is 2.27. The van der Waals surface area contributed by atoms with Crippen LogP contribution in [0.15, 0.2) is 58.7 Å². The molecule has 1 aromatic heterocycles. The van der Waals surface area contributed by atoms with E-state index in [0.29, 0.717) is 24.5 Å². The molecule has 1 aliphatic heterocycles. The lowest BCUT2D eigenvalue weighted by atomic mass is 10.2. The smallest absolute Gasteiger partial charge is 0.267 e. The number of benzene rings is 1. The van der Waals surface area contributed by atoms with Gasteiger partial charge in [-0.2, -0.15) is 9.41 Å². The molecule has 8 heteroatoms. The van der Waals surface area contributed by atoms with E-state index < -0.39 is 15.9 Å². The molecule has 2 heterocycles. The number of aromatic nitrogens is 1. The molecule has 1 amide bonds. The topological polar surface area (TPSA) is 91.7 Å². The summed E-state index contributed by atoms with van der Waals surface area (Å²) >= 11 is 0. The van der Waals surface area contributed by atoms with E-state index in [1.54, 1.807) is 37.4 Å². The molecule has 0 radical (unpaired) electrons. The Kier molecular flexibility index (Phi) is 5.43. The second-order valence-electron chi connectivity index (χ2n) is 5.99. The first-order valence-corrected chi connectivity index (χ1v) is 9.79. The van der Waals surface area contributed by atoms with Gasteiger partial charge in [0.1, 0.15) is 0 Å². The average molecular weight is 372 g/mol. The Balaban J connectivity index is 1.76. The molecule has 1 aromatic carbocycles. The van der Waals surface area contributed by atoms with Gasteiger partial charge in [0.15, 0.2) is 0 Å². The van der Waals surface area contributed by atoms with Gasteiger partial charge in [-0.25, -0.2) is 13.8 Å². The Morgan fingerprint density at radius 3 is 2.62 bits per heavy atom. The van der Waals surface area contributed by atoms with Crippen molar-refractivity contribution >= 4 is 21.6 Å². The molecule has 26 heavy (non-hydrogen) atoms. The van der Waals surface area contributed by atoms with Crippen LogP contribution in [-0.4, -0.2) is 42.4 Å². The summed E-state index contributed by atoms with van der Waals surface area (Å²) in [5, 5.41) is 4.03.